The third kappa shape index (κ3) is 5.39. The second-order valence-corrected chi connectivity index (χ2v) is 8.39. The lowest BCUT2D eigenvalue weighted by molar-refractivity contribution is -0.137. The molecule has 0 saturated carbocycles. The van der Waals surface area contributed by atoms with Gasteiger partial charge < -0.3 is 10.1 Å². The van der Waals surface area contributed by atoms with Crippen molar-refractivity contribution in [3.63, 3.8) is 0 Å². The molecule has 168 valence electrons. The van der Waals surface area contributed by atoms with Crippen molar-refractivity contribution >= 4 is 5.91 Å². The summed E-state index contributed by atoms with van der Waals surface area (Å²) < 4.78 is 44.1. The summed E-state index contributed by atoms with van der Waals surface area (Å²) in [5.41, 5.74) is 1.01. The number of ether oxygens (including phenoxy) is 1. The predicted octanol–water partition coefficient (Wildman–Crippen LogP) is 5.02. The molecule has 1 aliphatic rings. The van der Waals surface area contributed by atoms with Crippen molar-refractivity contribution in [3.8, 4) is 5.75 Å². The Bertz CT molecular complexity index is 896. The largest absolute Gasteiger partial charge is 0.497 e. The van der Waals surface area contributed by atoms with Crippen LogP contribution >= 0.6 is 0 Å². The van der Waals surface area contributed by atoms with Crippen molar-refractivity contribution in [1.29, 1.82) is 0 Å². The Morgan fingerprint density at radius 1 is 1.10 bits per heavy atom. The van der Waals surface area contributed by atoms with Gasteiger partial charge in [-0.2, -0.15) is 13.2 Å². The maximum atomic E-state index is 13.2. The number of carbonyl (C=O) groups excluding carboxylic acids is 1. The van der Waals surface area contributed by atoms with Crippen LogP contribution in [0.5, 0.6) is 5.75 Å². The summed E-state index contributed by atoms with van der Waals surface area (Å²) in [4.78, 5) is 15.4. The van der Waals surface area contributed by atoms with E-state index in [9.17, 15) is 18.0 Å². The van der Waals surface area contributed by atoms with Crippen LogP contribution in [-0.4, -0.2) is 37.0 Å². The van der Waals surface area contributed by atoms with E-state index in [0.29, 0.717) is 18.8 Å². The average Bonchev–Trinajstić information content (AvgIpc) is 3.19. The fourth-order valence-electron chi connectivity index (χ4n) is 4.09. The lowest BCUT2D eigenvalue weighted by atomic mass is 9.87. The zero-order valence-electron chi connectivity index (χ0n) is 18.2. The maximum absolute atomic E-state index is 13.2. The summed E-state index contributed by atoms with van der Waals surface area (Å²) in [5, 5.41) is 3.08. The Morgan fingerprint density at radius 3 is 2.35 bits per heavy atom. The molecule has 0 unspecified atom stereocenters. The number of likely N-dealkylation sites (tertiary alicyclic amines) is 1. The van der Waals surface area contributed by atoms with Crippen molar-refractivity contribution in [2.45, 2.75) is 44.9 Å². The number of rotatable bonds is 6. The molecule has 1 amide bonds. The minimum atomic E-state index is -4.37. The molecule has 3 rings (SSSR count). The highest BCUT2D eigenvalue weighted by atomic mass is 19.4. The third-order valence-electron chi connectivity index (χ3n) is 6.03. The highest BCUT2D eigenvalue weighted by Gasteiger charge is 2.40. The second-order valence-electron chi connectivity index (χ2n) is 8.39. The molecule has 1 fully saturated rings. The van der Waals surface area contributed by atoms with Crippen molar-refractivity contribution < 1.29 is 22.7 Å². The number of halogens is 3. The van der Waals surface area contributed by atoms with Crippen molar-refractivity contribution in [3.05, 3.63) is 65.2 Å². The molecule has 1 heterocycles. The van der Waals surface area contributed by atoms with Gasteiger partial charge in [0.25, 0.3) is 0 Å². The van der Waals surface area contributed by atoms with Crippen LogP contribution in [-0.2, 0) is 11.0 Å². The van der Waals surface area contributed by atoms with Gasteiger partial charge in [-0.3, -0.25) is 9.69 Å². The molecule has 1 saturated heterocycles. The van der Waals surface area contributed by atoms with Gasteiger partial charge >= 0.3 is 6.18 Å². The lowest BCUT2D eigenvalue weighted by Crippen LogP contribution is -2.37. The topological polar surface area (TPSA) is 41.6 Å². The van der Waals surface area contributed by atoms with E-state index < -0.39 is 11.7 Å². The van der Waals surface area contributed by atoms with E-state index in [2.05, 4.69) is 24.1 Å². The molecule has 4 nitrogen and oxygen atoms in total. The molecule has 7 heteroatoms. The number of carbonyl (C=O) groups is 1. The Kier molecular flexibility index (Phi) is 6.94. The van der Waals surface area contributed by atoms with Crippen LogP contribution in [0.25, 0.3) is 0 Å². The first-order valence-corrected chi connectivity index (χ1v) is 10.5. The number of nitrogens with zero attached hydrogens (tertiary/aromatic N) is 1. The van der Waals surface area contributed by atoms with Gasteiger partial charge in [-0.25, -0.2) is 0 Å². The quantitative estimate of drug-likeness (QED) is 0.695. The van der Waals surface area contributed by atoms with E-state index in [-0.39, 0.29) is 29.8 Å². The molecule has 0 aromatic heterocycles. The van der Waals surface area contributed by atoms with Crippen LogP contribution in [0, 0.1) is 5.92 Å². The highest BCUT2D eigenvalue weighted by Crippen LogP contribution is 2.36. The molecule has 0 radical (unpaired) electrons. The van der Waals surface area contributed by atoms with Gasteiger partial charge in [0.1, 0.15) is 5.75 Å². The molecule has 3 atom stereocenters. The monoisotopic (exact) mass is 434 g/mol. The van der Waals surface area contributed by atoms with Crippen LogP contribution < -0.4 is 10.1 Å². The van der Waals surface area contributed by atoms with E-state index in [1.165, 1.54) is 12.1 Å². The van der Waals surface area contributed by atoms with Gasteiger partial charge in [-0.05, 0) is 56.2 Å². The molecule has 31 heavy (non-hydrogen) atoms. The van der Waals surface area contributed by atoms with Crippen LogP contribution in [0.15, 0.2) is 48.5 Å². The summed E-state index contributed by atoms with van der Waals surface area (Å²) in [6.07, 6.45) is -4.37. The fourth-order valence-corrected chi connectivity index (χ4v) is 4.09. The summed E-state index contributed by atoms with van der Waals surface area (Å²) in [7, 11) is 1.59. The molecule has 2 aromatic carbocycles. The van der Waals surface area contributed by atoms with E-state index >= 15 is 0 Å². The smallest absolute Gasteiger partial charge is 0.416 e. The summed E-state index contributed by atoms with van der Waals surface area (Å²) >= 11 is 0. The van der Waals surface area contributed by atoms with Crippen LogP contribution in [0.2, 0.25) is 0 Å². The molecule has 1 aliphatic heterocycles. The summed E-state index contributed by atoms with van der Waals surface area (Å²) in [5.74, 6) is 0.117. The minimum Gasteiger partial charge on any atom is -0.497 e. The van der Waals surface area contributed by atoms with E-state index in [0.717, 1.165) is 23.3 Å². The number of amides is 1. The first-order chi connectivity index (χ1) is 14.6. The number of benzene rings is 2. The second kappa shape index (κ2) is 9.30. The van der Waals surface area contributed by atoms with Gasteiger partial charge in [0.15, 0.2) is 0 Å². The first kappa shape index (κ1) is 23.1. The zero-order valence-corrected chi connectivity index (χ0v) is 18.2. The molecular formula is C24H29F3N2O2. The molecule has 0 spiro atoms. The fraction of sp³-hybridized carbons (Fsp3) is 0.458. The van der Waals surface area contributed by atoms with Gasteiger partial charge in [0.2, 0.25) is 5.91 Å². The van der Waals surface area contributed by atoms with Gasteiger partial charge in [-0.1, -0.05) is 24.3 Å². The SMILES string of the molecule is COc1cccc([C@H](C)NC(=O)[C@@H]2CN(C(C)C)C[C@H]2c2ccc(C(F)(F)F)cc2)c1. The number of methoxy groups -OCH3 is 1. The molecule has 1 N–H and O–H groups in total. The van der Waals surface area contributed by atoms with Crippen molar-refractivity contribution in [2.75, 3.05) is 20.2 Å². The Balaban J connectivity index is 1.79. The van der Waals surface area contributed by atoms with E-state index in [1.54, 1.807) is 7.11 Å². The Labute approximate surface area is 181 Å². The first-order valence-electron chi connectivity index (χ1n) is 10.5. The maximum Gasteiger partial charge on any atom is 0.416 e. The Hall–Kier alpha value is -2.54. The van der Waals surface area contributed by atoms with E-state index in [1.807, 2.05) is 31.2 Å². The molecule has 2 aromatic rings. The average molecular weight is 435 g/mol. The standard InChI is InChI=1S/C24H29F3N2O2/c1-15(2)29-13-21(17-8-10-19(11-9-17)24(25,26)27)22(14-29)23(30)28-16(3)18-6-5-7-20(12-18)31-4/h5-12,15-16,21-22H,13-14H2,1-4H3,(H,28,30)/t16-,21-,22+/m0/s1. The van der Waals surface area contributed by atoms with Gasteiger partial charge in [0, 0.05) is 25.0 Å². The third-order valence-corrected chi connectivity index (χ3v) is 6.03. The molecule has 0 aliphatic carbocycles. The number of hydrogen-bond acceptors (Lipinski definition) is 3. The number of hydrogen-bond donors (Lipinski definition) is 1. The van der Waals surface area contributed by atoms with Crippen LogP contribution in [0.1, 0.15) is 49.4 Å². The van der Waals surface area contributed by atoms with Crippen molar-refractivity contribution in [1.82, 2.24) is 10.2 Å². The number of nitrogens with one attached hydrogen (secondary N) is 1. The van der Waals surface area contributed by atoms with E-state index in [4.69, 9.17) is 4.74 Å². The zero-order chi connectivity index (χ0) is 22.8. The van der Waals surface area contributed by atoms with Gasteiger partial charge in [-0.15, -0.1) is 0 Å². The van der Waals surface area contributed by atoms with Crippen molar-refractivity contribution in [2.24, 2.45) is 5.92 Å². The summed E-state index contributed by atoms with van der Waals surface area (Å²) in [6, 6.07) is 12.8. The van der Waals surface area contributed by atoms with Crippen LogP contribution in [0.4, 0.5) is 13.2 Å². The normalized spacial score (nSPS) is 20.6. The van der Waals surface area contributed by atoms with Crippen LogP contribution in [0.3, 0.4) is 0 Å². The minimum absolute atomic E-state index is 0.0941. The number of alkyl halides is 3. The summed E-state index contributed by atoms with van der Waals surface area (Å²) in [6.45, 7) is 7.23. The lowest BCUT2D eigenvalue weighted by Gasteiger charge is -2.22. The predicted molar refractivity (Wildman–Crippen MR) is 114 cm³/mol. The molecular weight excluding hydrogens is 405 g/mol. The molecule has 0 bridgehead atoms. The van der Waals surface area contributed by atoms with Gasteiger partial charge in [0.05, 0.1) is 24.6 Å². The Morgan fingerprint density at radius 2 is 1.77 bits per heavy atom. The highest BCUT2D eigenvalue weighted by molar-refractivity contribution is 5.81.